The number of ether oxygens (including phenoxy) is 1. The number of hydrogen-bond acceptors (Lipinski definition) is 1. The molecule has 0 aliphatic heterocycles. The van der Waals surface area contributed by atoms with E-state index in [2.05, 4.69) is 43.0 Å². The molecular weight excluding hydrogens is 354 g/mol. The zero-order valence-electron chi connectivity index (χ0n) is 16.7. The van der Waals surface area contributed by atoms with E-state index in [-0.39, 0.29) is 17.2 Å². The molecule has 0 heterocycles. The molecule has 0 aromatic heterocycles. The highest BCUT2D eigenvalue weighted by Crippen LogP contribution is 2.35. The van der Waals surface area contributed by atoms with Crippen LogP contribution < -0.4 is 4.74 Å². The number of aryl methyl sites for hydroxylation is 1. The summed E-state index contributed by atoms with van der Waals surface area (Å²) in [7, 11) is 0. The highest BCUT2D eigenvalue weighted by Gasteiger charge is 2.21. The Morgan fingerprint density at radius 3 is 2.36 bits per heavy atom. The quantitative estimate of drug-likeness (QED) is 0.409. The van der Waals surface area contributed by atoms with Gasteiger partial charge in [-0.15, -0.1) is 0 Å². The Kier molecular flexibility index (Phi) is 7.09. The van der Waals surface area contributed by atoms with Crippen LogP contribution >= 0.6 is 0 Å². The second kappa shape index (κ2) is 9.73. The van der Waals surface area contributed by atoms with Crippen molar-refractivity contribution < 1.29 is 13.5 Å². The van der Waals surface area contributed by atoms with Gasteiger partial charge in [0.05, 0.1) is 12.2 Å². The minimum absolute atomic E-state index is 0.0323. The van der Waals surface area contributed by atoms with Crippen LogP contribution in [0.3, 0.4) is 0 Å². The van der Waals surface area contributed by atoms with Gasteiger partial charge in [-0.3, -0.25) is 0 Å². The third-order valence-electron chi connectivity index (χ3n) is 5.49. The summed E-state index contributed by atoms with van der Waals surface area (Å²) in [6.07, 6.45) is 5.92. The van der Waals surface area contributed by atoms with Gasteiger partial charge in [0, 0.05) is 5.92 Å². The average molecular weight is 382 g/mol. The summed E-state index contributed by atoms with van der Waals surface area (Å²) >= 11 is 0. The lowest BCUT2D eigenvalue weighted by Gasteiger charge is -2.26. The van der Waals surface area contributed by atoms with E-state index >= 15 is 0 Å². The van der Waals surface area contributed by atoms with Crippen molar-refractivity contribution in [1.29, 1.82) is 0 Å². The fourth-order valence-corrected chi connectivity index (χ4v) is 3.66. The van der Waals surface area contributed by atoms with Gasteiger partial charge >= 0.3 is 0 Å². The van der Waals surface area contributed by atoms with Crippen molar-refractivity contribution in [3.63, 3.8) is 0 Å². The highest BCUT2D eigenvalue weighted by molar-refractivity contribution is 5.41. The number of benzene rings is 2. The van der Waals surface area contributed by atoms with E-state index in [4.69, 9.17) is 4.74 Å². The number of rotatable bonds is 5. The third kappa shape index (κ3) is 5.13. The van der Waals surface area contributed by atoms with Crippen LogP contribution in [0.4, 0.5) is 8.78 Å². The van der Waals surface area contributed by atoms with Crippen LogP contribution in [0, 0.1) is 36.3 Å². The predicted molar refractivity (Wildman–Crippen MR) is 110 cm³/mol. The lowest BCUT2D eigenvalue weighted by Crippen LogP contribution is -2.12. The van der Waals surface area contributed by atoms with Gasteiger partial charge in [-0.1, -0.05) is 55.0 Å². The van der Waals surface area contributed by atoms with Crippen LogP contribution in [0.5, 0.6) is 5.75 Å². The maximum absolute atomic E-state index is 14.3. The molecule has 0 radical (unpaired) electrons. The van der Waals surface area contributed by atoms with E-state index < -0.39 is 11.6 Å². The molecule has 0 bridgehead atoms. The Morgan fingerprint density at radius 2 is 1.68 bits per heavy atom. The molecule has 2 aromatic rings. The molecule has 0 atom stereocenters. The second-order valence-corrected chi connectivity index (χ2v) is 7.67. The number of halogens is 2. The summed E-state index contributed by atoms with van der Waals surface area (Å²) in [4.78, 5) is 0. The van der Waals surface area contributed by atoms with Gasteiger partial charge in [-0.2, -0.15) is 4.39 Å². The SMILES string of the molecule is CCCCOc1ccc(C#CC2CCC(c3ccc(C)cc3)CC2)c(F)c1F. The third-order valence-corrected chi connectivity index (χ3v) is 5.49. The maximum Gasteiger partial charge on any atom is 0.201 e. The fraction of sp³-hybridized carbons (Fsp3) is 0.440. The number of unbranched alkanes of at least 4 members (excludes halogenated alkanes) is 1. The van der Waals surface area contributed by atoms with Crippen molar-refractivity contribution in [2.45, 2.75) is 58.3 Å². The minimum Gasteiger partial charge on any atom is -0.490 e. The van der Waals surface area contributed by atoms with E-state index in [0.29, 0.717) is 12.5 Å². The molecule has 0 N–H and O–H groups in total. The molecule has 1 aliphatic carbocycles. The van der Waals surface area contributed by atoms with Crippen LogP contribution in [0.25, 0.3) is 0 Å². The van der Waals surface area contributed by atoms with Gasteiger partial charge < -0.3 is 4.74 Å². The molecule has 1 fully saturated rings. The van der Waals surface area contributed by atoms with Gasteiger partial charge in [0.25, 0.3) is 0 Å². The lowest BCUT2D eigenvalue weighted by molar-refractivity contribution is 0.288. The molecule has 3 rings (SSSR count). The Morgan fingerprint density at radius 1 is 0.964 bits per heavy atom. The maximum atomic E-state index is 14.3. The Balaban J connectivity index is 1.60. The van der Waals surface area contributed by atoms with Crippen molar-refractivity contribution in [3.8, 4) is 17.6 Å². The Bertz CT molecular complexity index is 837. The first-order valence-corrected chi connectivity index (χ1v) is 10.3. The first-order valence-electron chi connectivity index (χ1n) is 10.3. The topological polar surface area (TPSA) is 9.23 Å². The second-order valence-electron chi connectivity index (χ2n) is 7.67. The Hall–Kier alpha value is -2.34. The normalized spacial score (nSPS) is 19.0. The van der Waals surface area contributed by atoms with Gasteiger partial charge in [0.1, 0.15) is 0 Å². The van der Waals surface area contributed by atoms with Gasteiger partial charge in [-0.25, -0.2) is 4.39 Å². The van der Waals surface area contributed by atoms with Gasteiger partial charge in [0.15, 0.2) is 11.6 Å². The summed E-state index contributed by atoms with van der Waals surface area (Å²) in [6, 6.07) is 11.8. The molecule has 1 saturated carbocycles. The van der Waals surface area contributed by atoms with Gasteiger partial charge in [-0.05, 0) is 62.6 Å². The molecule has 1 nitrogen and oxygen atoms in total. The van der Waals surface area contributed by atoms with E-state index in [0.717, 1.165) is 38.5 Å². The van der Waals surface area contributed by atoms with Crippen molar-refractivity contribution in [1.82, 2.24) is 0 Å². The molecule has 0 spiro atoms. The average Bonchev–Trinajstić information content (AvgIpc) is 2.72. The fourth-order valence-electron chi connectivity index (χ4n) is 3.66. The van der Waals surface area contributed by atoms with E-state index in [1.807, 2.05) is 6.92 Å². The van der Waals surface area contributed by atoms with Crippen molar-refractivity contribution in [2.24, 2.45) is 5.92 Å². The summed E-state index contributed by atoms with van der Waals surface area (Å²) in [5.41, 5.74) is 2.78. The van der Waals surface area contributed by atoms with Crippen LogP contribution in [-0.4, -0.2) is 6.61 Å². The smallest absolute Gasteiger partial charge is 0.201 e. The van der Waals surface area contributed by atoms with Crippen LogP contribution in [0.1, 0.15) is 68.1 Å². The molecule has 148 valence electrons. The van der Waals surface area contributed by atoms with Crippen LogP contribution in [0.15, 0.2) is 36.4 Å². The zero-order valence-corrected chi connectivity index (χ0v) is 16.7. The lowest BCUT2D eigenvalue weighted by atomic mass is 9.79. The van der Waals surface area contributed by atoms with Crippen molar-refractivity contribution in [2.75, 3.05) is 6.61 Å². The van der Waals surface area contributed by atoms with E-state index in [1.165, 1.54) is 23.3 Å². The molecular formula is C25H28F2O. The molecule has 0 saturated heterocycles. The first kappa shape index (κ1) is 20.4. The van der Waals surface area contributed by atoms with E-state index in [1.54, 1.807) is 0 Å². The molecule has 0 unspecified atom stereocenters. The van der Waals surface area contributed by atoms with Crippen molar-refractivity contribution >= 4 is 0 Å². The van der Waals surface area contributed by atoms with E-state index in [9.17, 15) is 8.78 Å². The molecule has 1 aliphatic rings. The zero-order chi connectivity index (χ0) is 19.9. The van der Waals surface area contributed by atoms with Gasteiger partial charge in [0.2, 0.25) is 5.82 Å². The minimum atomic E-state index is -0.939. The first-order chi connectivity index (χ1) is 13.6. The molecule has 2 aromatic carbocycles. The number of hydrogen-bond donors (Lipinski definition) is 0. The molecule has 28 heavy (non-hydrogen) atoms. The summed E-state index contributed by atoms with van der Waals surface area (Å²) in [6.45, 7) is 4.51. The highest BCUT2D eigenvalue weighted by atomic mass is 19.2. The van der Waals surface area contributed by atoms with Crippen molar-refractivity contribution in [3.05, 3.63) is 64.7 Å². The molecule has 3 heteroatoms. The van der Waals surface area contributed by atoms with Crippen LogP contribution in [-0.2, 0) is 0 Å². The monoisotopic (exact) mass is 382 g/mol. The van der Waals surface area contributed by atoms with Crippen LogP contribution in [0.2, 0.25) is 0 Å². The largest absolute Gasteiger partial charge is 0.490 e. The standard InChI is InChI=1S/C25H28F2O/c1-3-4-17-28-23-16-15-22(24(26)25(23)27)14-9-19-7-12-21(13-8-19)20-10-5-18(2)6-11-20/h5-6,10-11,15-16,19,21H,3-4,7-8,12-13,17H2,1-2H3. The summed E-state index contributed by atoms with van der Waals surface area (Å²) in [5, 5.41) is 0. The summed E-state index contributed by atoms with van der Waals surface area (Å²) in [5.74, 6) is 4.96. The predicted octanol–water partition coefficient (Wildman–Crippen LogP) is 6.78. The molecule has 0 amide bonds. The Labute approximate surface area is 167 Å². The summed E-state index contributed by atoms with van der Waals surface area (Å²) < 4.78 is 33.7.